The molecular weight excluding hydrogens is 384 g/mol. The predicted octanol–water partition coefficient (Wildman–Crippen LogP) is 5.95. The van der Waals surface area contributed by atoms with Gasteiger partial charge in [0.2, 0.25) is 0 Å². The number of hydrogen-bond acceptors (Lipinski definition) is 3. The van der Waals surface area contributed by atoms with Crippen LogP contribution in [-0.2, 0) is 0 Å². The Morgan fingerprint density at radius 2 is 1.94 bits per heavy atom. The van der Waals surface area contributed by atoms with Crippen molar-refractivity contribution < 1.29 is 15.3 Å². The van der Waals surface area contributed by atoms with Gasteiger partial charge in [0, 0.05) is 5.92 Å². The summed E-state index contributed by atoms with van der Waals surface area (Å²) in [5.74, 6) is 1.94. The zero-order valence-electron chi connectivity index (χ0n) is 20.5. The highest BCUT2D eigenvalue weighted by molar-refractivity contribution is 5.39. The van der Waals surface area contributed by atoms with Gasteiger partial charge in [-0.25, -0.2) is 0 Å². The number of hydrogen-bond donors (Lipinski definition) is 3. The maximum absolute atomic E-state index is 10.4. The van der Waals surface area contributed by atoms with Gasteiger partial charge in [-0.3, -0.25) is 0 Å². The lowest BCUT2D eigenvalue weighted by Crippen LogP contribution is -2.36. The van der Waals surface area contributed by atoms with E-state index in [0.717, 1.165) is 36.3 Å². The summed E-state index contributed by atoms with van der Waals surface area (Å²) >= 11 is 0. The second kappa shape index (κ2) is 9.53. The summed E-state index contributed by atoms with van der Waals surface area (Å²) in [5, 5.41) is 30.7. The molecule has 0 radical (unpaired) electrons. The summed E-state index contributed by atoms with van der Waals surface area (Å²) < 4.78 is 0. The molecule has 3 nitrogen and oxygen atoms in total. The second-order valence-corrected chi connectivity index (χ2v) is 11.8. The highest BCUT2D eigenvalue weighted by Gasteiger charge is 2.50. The average Bonchev–Trinajstić information content (AvgIpc) is 3.04. The Hall–Kier alpha value is -0.900. The van der Waals surface area contributed by atoms with Crippen LogP contribution < -0.4 is 0 Å². The van der Waals surface area contributed by atoms with E-state index in [1.807, 2.05) is 20.8 Å². The summed E-state index contributed by atoms with van der Waals surface area (Å²) in [6.45, 7) is 14.8. The van der Waals surface area contributed by atoms with Crippen molar-refractivity contribution in [2.24, 2.45) is 29.1 Å². The Labute approximate surface area is 190 Å². The highest BCUT2D eigenvalue weighted by Crippen LogP contribution is 2.60. The van der Waals surface area contributed by atoms with Gasteiger partial charge >= 0.3 is 0 Å². The molecule has 176 valence electrons. The van der Waals surface area contributed by atoms with E-state index < -0.39 is 17.8 Å². The lowest BCUT2D eigenvalue weighted by molar-refractivity contribution is 0.0283. The van der Waals surface area contributed by atoms with Crippen LogP contribution in [0.25, 0.3) is 0 Å². The molecule has 0 bridgehead atoms. The van der Waals surface area contributed by atoms with E-state index in [1.165, 1.54) is 32.1 Å². The van der Waals surface area contributed by atoms with Crippen LogP contribution in [0.4, 0.5) is 0 Å². The number of rotatable bonds is 6. The smallest absolute Gasteiger partial charge is 0.0837 e. The van der Waals surface area contributed by atoms with Crippen molar-refractivity contribution in [1.29, 1.82) is 0 Å². The van der Waals surface area contributed by atoms with Crippen LogP contribution in [0, 0.1) is 29.1 Å². The van der Waals surface area contributed by atoms with Gasteiger partial charge in [0.05, 0.1) is 17.8 Å². The van der Waals surface area contributed by atoms with Gasteiger partial charge < -0.3 is 15.3 Å². The summed E-state index contributed by atoms with van der Waals surface area (Å²) in [5.41, 5.74) is 3.15. The molecule has 31 heavy (non-hydrogen) atoms. The maximum Gasteiger partial charge on any atom is 0.0837 e. The molecule has 7 atom stereocenters. The van der Waals surface area contributed by atoms with Crippen molar-refractivity contribution in [2.45, 2.75) is 110 Å². The summed E-state index contributed by atoms with van der Waals surface area (Å²) in [4.78, 5) is 0. The van der Waals surface area contributed by atoms with Crippen molar-refractivity contribution in [3.63, 3.8) is 0 Å². The van der Waals surface area contributed by atoms with Crippen LogP contribution in [-0.4, -0.2) is 33.1 Å². The zero-order valence-corrected chi connectivity index (χ0v) is 20.5. The van der Waals surface area contributed by atoms with E-state index in [2.05, 4.69) is 32.6 Å². The third kappa shape index (κ3) is 5.37. The Bertz CT molecular complexity index is 712. The summed E-state index contributed by atoms with van der Waals surface area (Å²) in [7, 11) is 0. The Morgan fingerprint density at radius 1 is 1.23 bits per heavy atom. The first kappa shape index (κ1) is 24.7. The van der Waals surface area contributed by atoms with Gasteiger partial charge in [0.25, 0.3) is 0 Å². The normalized spacial score (nSPS) is 40.4. The van der Waals surface area contributed by atoms with Gasteiger partial charge in [0.15, 0.2) is 0 Å². The zero-order chi connectivity index (χ0) is 23.0. The number of aliphatic hydroxyl groups is 3. The second-order valence-electron chi connectivity index (χ2n) is 11.8. The van der Waals surface area contributed by atoms with Crippen molar-refractivity contribution >= 4 is 0 Å². The van der Waals surface area contributed by atoms with Crippen LogP contribution in [0.2, 0.25) is 0 Å². The molecule has 3 aliphatic carbocycles. The van der Waals surface area contributed by atoms with Crippen LogP contribution >= 0.6 is 0 Å². The highest BCUT2D eigenvalue weighted by atomic mass is 16.3. The van der Waals surface area contributed by atoms with E-state index in [0.29, 0.717) is 23.7 Å². The molecule has 0 heterocycles. The topological polar surface area (TPSA) is 60.7 Å². The molecule has 0 aromatic rings. The molecule has 0 aliphatic heterocycles. The average molecular weight is 431 g/mol. The fourth-order valence-electron chi connectivity index (χ4n) is 6.91. The lowest BCUT2D eigenvalue weighted by Gasteiger charge is -2.44. The molecule has 0 aromatic heterocycles. The molecular formula is C28H46O3. The monoisotopic (exact) mass is 430 g/mol. The molecule has 3 aliphatic rings. The van der Waals surface area contributed by atoms with Crippen LogP contribution in [0.15, 0.2) is 35.5 Å². The minimum atomic E-state index is -0.648. The SMILES string of the molecule is C=C1/C(=C\C=C2/CCC[C@@]3(C)C2CC[C@@H]3[C@@H](C)CCCC(C)(C)O)C[C@@H](O)[C@H](C)[C@@H]1O. The fourth-order valence-corrected chi connectivity index (χ4v) is 6.91. The van der Waals surface area contributed by atoms with Gasteiger partial charge in [-0.15, -0.1) is 0 Å². The maximum atomic E-state index is 10.4. The molecule has 3 fully saturated rings. The van der Waals surface area contributed by atoms with E-state index in [-0.39, 0.29) is 5.92 Å². The molecule has 3 N–H and O–H groups in total. The molecule has 0 aromatic carbocycles. The summed E-state index contributed by atoms with van der Waals surface area (Å²) in [6.07, 6.45) is 13.4. The van der Waals surface area contributed by atoms with E-state index in [9.17, 15) is 15.3 Å². The fraction of sp³-hybridized carbons (Fsp3) is 0.786. The molecule has 3 saturated carbocycles. The molecule has 0 amide bonds. The molecule has 3 heteroatoms. The van der Waals surface area contributed by atoms with Crippen molar-refractivity contribution in [1.82, 2.24) is 0 Å². The van der Waals surface area contributed by atoms with E-state index >= 15 is 0 Å². The molecule has 3 rings (SSSR count). The molecule has 1 unspecified atom stereocenters. The van der Waals surface area contributed by atoms with Crippen molar-refractivity contribution in [2.75, 3.05) is 0 Å². The predicted molar refractivity (Wildman–Crippen MR) is 129 cm³/mol. The van der Waals surface area contributed by atoms with Gasteiger partial charge in [-0.05, 0) is 93.1 Å². The first-order valence-electron chi connectivity index (χ1n) is 12.6. The van der Waals surface area contributed by atoms with Gasteiger partial charge in [0.1, 0.15) is 0 Å². The third-order valence-corrected chi connectivity index (χ3v) is 8.97. The third-order valence-electron chi connectivity index (χ3n) is 8.97. The van der Waals surface area contributed by atoms with Crippen LogP contribution in [0.5, 0.6) is 0 Å². The van der Waals surface area contributed by atoms with E-state index in [4.69, 9.17) is 0 Å². The van der Waals surface area contributed by atoms with Crippen molar-refractivity contribution in [3.05, 3.63) is 35.5 Å². The van der Waals surface area contributed by atoms with Crippen LogP contribution in [0.1, 0.15) is 92.4 Å². The minimum absolute atomic E-state index is 0.149. The first-order valence-corrected chi connectivity index (χ1v) is 12.6. The quantitative estimate of drug-likeness (QED) is 0.488. The van der Waals surface area contributed by atoms with Crippen molar-refractivity contribution in [3.8, 4) is 0 Å². The number of fused-ring (bicyclic) bond motifs is 1. The van der Waals surface area contributed by atoms with Gasteiger partial charge in [-0.2, -0.15) is 0 Å². The summed E-state index contributed by atoms with van der Waals surface area (Å²) in [6, 6.07) is 0. The first-order chi connectivity index (χ1) is 14.4. The number of aliphatic hydroxyl groups excluding tert-OH is 2. The van der Waals surface area contributed by atoms with E-state index in [1.54, 1.807) is 5.57 Å². The minimum Gasteiger partial charge on any atom is -0.392 e. The van der Waals surface area contributed by atoms with Gasteiger partial charge in [-0.1, -0.05) is 57.9 Å². The Kier molecular flexibility index (Phi) is 7.61. The molecule has 0 spiro atoms. The lowest BCUT2D eigenvalue weighted by atomic mass is 9.60. The Balaban J connectivity index is 1.71. The van der Waals surface area contributed by atoms with Crippen LogP contribution in [0.3, 0.4) is 0 Å². The standard InChI is InChI=1S/C28H46O3/c1-18(9-7-15-27(4,5)31)23-13-14-24-21(10-8-16-28(23,24)6)11-12-22-17-25(29)20(3)26(30)19(22)2/h11-12,18,20,23-26,29-31H,2,7-10,13-17H2,1,3-6H3/b21-11+,22-12-/t18-,20-,23+,24?,25+,26+,28+/m0/s1. The largest absolute Gasteiger partial charge is 0.392 e. The Morgan fingerprint density at radius 3 is 2.61 bits per heavy atom. The molecule has 0 saturated heterocycles. The number of allylic oxidation sites excluding steroid dienone is 3.